The third-order valence-corrected chi connectivity index (χ3v) is 10.8. The van der Waals surface area contributed by atoms with Crippen LogP contribution < -0.4 is 20.4 Å². The molecule has 3 aromatic carbocycles. The van der Waals surface area contributed by atoms with Crippen molar-refractivity contribution in [3.63, 3.8) is 0 Å². The number of carbonyl (C=O) groups excluding carboxylic acids is 1. The van der Waals surface area contributed by atoms with Gasteiger partial charge in [0.2, 0.25) is 5.43 Å². The largest absolute Gasteiger partial charge is 0.451 e. The minimum atomic E-state index is -0.478. The Kier molecular flexibility index (Phi) is 7.69. The summed E-state index contributed by atoms with van der Waals surface area (Å²) in [5.41, 5.74) is 1.20. The number of aromatic nitrogens is 1. The number of fused-ring (bicyclic) bond motifs is 4. The molecule has 2 saturated heterocycles. The molecule has 1 N–H and O–H groups in total. The van der Waals surface area contributed by atoms with Crippen LogP contribution in [0.3, 0.4) is 0 Å². The van der Waals surface area contributed by atoms with E-state index in [4.69, 9.17) is 4.74 Å². The number of carbonyl (C=O) groups is 1. The fourth-order valence-corrected chi connectivity index (χ4v) is 8.18. The van der Waals surface area contributed by atoms with Crippen LogP contribution >= 0.6 is 0 Å². The molecule has 9 heteroatoms. The normalized spacial score (nSPS) is 21.6. The van der Waals surface area contributed by atoms with E-state index < -0.39 is 17.2 Å². The Hall–Kier alpha value is -3.95. The summed E-state index contributed by atoms with van der Waals surface area (Å²) in [5.74, 6) is 1.11. The summed E-state index contributed by atoms with van der Waals surface area (Å²) in [5, 5.41) is 5.15. The number of nitrogens with zero attached hydrogens (tertiary/aromatic N) is 4. The van der Waals surface area contributed by atoms with Gasteiger partial charge < -0.3 is 29.3 Å². The van der Waals surface area contributed by atoms with E-state index in [1.54, 1.807) is 6.20 Å². The van der Waals surface area contributed by atoms with Crippen molar-refractivity contribution in [3.8, 4) is 17.2 Å². The van der Waals surface area contributed by atoms with Gasteiger partial charge in [0, 0.05) is 52.0 Å². The summed E-state index contributed by atoms with van der Waals surface area (Å²) in [6.07, 6.45) is 8.48. The van der Waals surface area contributed by atoms with Crippen molar-refractivity contribution in [2.45, 2.75) is 38.5 Å². The Morgan fingerprint density at radius 2 is 1.70 bits per heavy atom. The van der Waals surface area contributed by atoms with Gasteiger partial charge in [-0.3, -0.25) is 9.59 Å². The van der Waals surface area contributed by atoms with Crippen LogP contribution in [0.1, 0.15) is 48.9 Å². The zero-order valence-electron chi connectivity index (χ0n) is 26.6. The van der Waals surface area contributed by atoms with Crippen LogP contribution in [-0.2, 0) is 0 Å². The van der Waals surface area contributed by atoms with Gasteiger partial charge in [0.25, 0.3) is 5.91 Å². The lowest BCUT2D eigenvalue weighted by molar-refractivity contribution is 0.0948. The van der Waals surface area contributed by atoms with E-state index in [9.17, 15) is 9.59 Å². The quantitative estimate of drug-likeness (QED) is 0.242. The smallest absolute Gasteiger partial charge is 0.256 e. The van der Waals surface area contributed by atoms with E-state index in [0.29, 0.717) is 41.1 Å². The molecule has 1 aliphatic carbocycles. The lowest BCUT2D eigenvalue weighted by Gasteiger charge is -2.32. The monoisotopic (exact) mass is 623 g/mol. The molecule has 3 aliphatic heterocycles. The first-order valence-electron chi connectivity index (χ1n) is 17.0. The second-order valence-corrected chi connectivity index (χ2v) is 13.8. The molecule has 8 rings (SSSR count). The number of hydrogen-bond donors (Lipinski definition) is 1. The molecule has 8 nitrogen and oxygen atoms in total. The molecule has 2 unspecified atom stereocenters. The maximum Gasteiger partial charge on any atom is 0.256 e. The molecule has 46 heavy (non-hydrogen) atoms. The highest BCUT2D eigenvalue weighted by atomic mass is 19.1. The zero-order chi connectivity index (χ0) is 31.4. The number of piperazine rings is 1. The average Bonchev–Trinajstić information content (AvgIpc) is 3.32. The first kappa shape index (κ1) is 29.5. The van der Waals surface area contributed by atoms with Crippen LogP contribution in [0.25, 0.3) is 27.4 Å². The highest BCUT2D eigenvalue weighted by Crippen LogP contribution is 2.49. The second-order valence-electron chi connectivity index (χ2n) is 13.8. The number of benzene rings is 3. The first-order chi connectivity index (χ1) is 22.4. The highest BCUT2D eigenvalue weighted by molar-refractivity contribution is 6.02. The van der Waals surface area contributed by atoms with Crippen LogP contribution in [0.5, 0.6) is 11.5 Å². The molecule has 0 radical (unpaired) electrons. The molecule has 2 atom stereocenters. The minimum Gasteiger partial charge on any atom is -0.451 e. The van der Waals surface area contributed by atoms with Gasteiger partial charge >= 0.3 is 0 Å². The molecular weight excluding hydrogens is 581 g/mol. The van der Waals surface area contributed by atoms with Crippen LogP contribution in [0.2, 0.25) is 0 Å². The Balaban J connectivity index is 1.18. The molecule has 4 aliphatic rings. The van der Waals surface area contributed by atoms with Gasteiger partial charge in [-0.25, -0.2) is 4.39 Å². The number of pyridine rings is 1. The van der Waals surface area contributed by atoms with E-state index in [-0.39, 0.29) is 10.9 Å². The van der Waals surface area contributed by atoms with Gasteiger partial charge in [0.05, 0.1) is 11.1 Å². The second kappa shape index (κ2) is 12.0. The summed E-state index contributed by atoms with van der Waals surface area (Å²) in [7, 11) is 2.13. The van der Waals surface area contributed by atoms with Crippen molar-refractivity contribution >= 4 is 33.3 Å². The van der Waals surface area contributed by atoms with Crippen LogP contribution in [-0.4, -0.2) is 79.7 Å². The van der Waals surface area contributed by atoms with E-state index in [2.05, 4.69) is 27.1 Å². The van der Waals surface area contributed by atoms with E-state index >= 15 is 4.39 Å². The van der Waals surface area contributed by atoms with E-state index in [1.165, 1.54) is 38.2 Å². The van der Waals surface area contributed by atoms with Crippen molar-refractivity contribution in [1.29, 1.82) is 0 Å². The molecule has 3 fully saturated rings. The molecule has 240 valence electrons. The van der Waals surface area contributed by atoms with Crippen molar-refractivity contribution in [1.82, 2.24) is 19.7 Å². The lowest BCUT2D eigenvalue weighted by atomic mass is 9.92. The van der Waals surface area contributed by atoms with Gasteiger partial charge in [-0.1, -0.05) is 43.5 Å². The summed E-state index contributed by atoms with van der Waals surface area (Å²) < 4.78 is 24.8. The third-order valence-electron chi connectivity index (χ3n) is 10.8. The Morgan fingerprint density at radius 3 is 2.43 bits per heavy atom. The van der Waals surface area contributed by atoms with Crippen molar-refractivity contribution in [3.05, 3.63) is 70.3 Å². The summed E-state index contributed by atoms with van der Waals surface area (Å²) >= 11 is 0. The van der Waals surface area contributed by atoms with Gasteiger partial charge in [0.1, 0.15) is 16.8 Å². The fourth-order valence-electron chi connectivity index (χ4n) is 8.18. The average molecular weight is 624 g/mol. The maximum absolute atomic E-state index is 16.3. The molecule has 4 aromatic rings. The predicted molar refractivity (Wildman–Crippen MR) is 180 cm³/mol. The van der Waals surface area contributed by atoms with Gasteiger partial charge in [-0.15, -0.1) is 0 Å². The number of hydrogen-bond acceptors (Lipinski definition) is 6. The van der Waals surface area contributed by atoms with Crippen LogP contribution in [0, 0.1) is 17.7 Å². The zero-order valence-corrected chi connectivity index (χ0v) is 26.6. The number of amides is 1. The molecule has 0 bridgehead atoms. The van der Waals surface area contributed by atoms with Gasteiger partial charge in [0.15, 0.2) is 17.3 Å². The van der Waals surface area contributed by atoms with Crippen molar-refractivity contribution < 1.29 is 13.9 Å². The number of rotatable bonds is 6. The number of nitrogens with one attached hydrogen (secondary N) is 1. The molecule has 1 amide bonds. The Bertz CT molecular complexity index is 1870. The van der Waals surface area contributed by atoms with Gasteiger partial charge in [-0.2, -0.15) is 0 Å². The number of ether oxygens (including phenoxy) is 1. The maximum atomic E-state index is 16.3. The molecular formula is C37H42FN5O3. The Labute approximate surface area is 268 Å². The predicted octanol–water partition coefficient (Wildman–Crippen LogP) is 5.77. The molecule has 4 heterocycles. The summed E-state index contributed by atoms with van der Waals surface area (Å²) in [6, 6.07) is 13.3. The lowest BCUT2D eigenvalue weighted by Crippen LogP contribution is -2.45. The highest BCUT2D eigenvalue weighted by Gasteiger charge is 2.38. The SMILES string of the molecule is CN1CCN(CCCNC(=O)c2cn3c4c(c(N5CC6CCCCCC6C5)c(F)cc4c2=O)Oc2cc4ccccc4cc2-3)CC1. The number of anilines is 1. The summed E-state index contributed by atoms with van der Waals surface area (Å²) in [4.78, 5) is 34.4. The van der Waals surface area contributed by atoms with Gasteiger partial charge in [-0.05, 0) is 73.7 Å². The molecule has 0 spiro atoms. The first-order valence-corrected chi connectivity index (χ1v) is 17.0. The molecule has 1 aromatic heterocycles. The number of likely N-dealkylation sites (N-methyl/N-ethyl adjacent to an activating group) is 1. The standard InChI is InChI=1S/C37H42FN5O3/c1-40-14-16-41(17-15-40)13-7-12-39-37(45)29-23-43-31-18-24-8-5-6-9-25(24)19-32(31)46-36-33(43)28(35(29)44)20-30(38)34(36)42-21-26-10-3-2-4-11-27(26)22-42/h5-6,8-9,18-20,23,26-27H,2-4,7,10-17,21-22H2,1H3,(H,39,45). The number of halogens is 1. The van der Waals surface area contributed by atoms with Crippen LogP contribution in [0.15, 0.2) is 53.5 Å². The molecule has 1 saturated carbocycles. The Morgan fingerprint density at radius 1 is 0.978 bits per heavy atom. The minimum absolute atomic E-state index is 0.00893. The third kappa shape index (κ3) is 5.23. The van der Waals surface area contributed by atoms with E-state index in [1.807, 2.05) is 41.0 Å². The summed E-state index contributed by atoms with van der Waals surface area (Å²) in [6.45, 7) is 7.05. The topological polar surface area (TPSA) is 70.0 Å². The van der Waals surface area contributed by atoms with E-state index in [0.717, 1.165) is 68.7 Å². The van der Waals surface area contributed by atoms with Crippen LogP contribution in [0.4, 0.5) is 10.1 Å². The van der Waals surface area contributed by atoms with Crippen molar-refractivity contribution in [2.24, 2.45) is 11.8 Å². The fraction of sp³-hybridized carbons (Fsp3) is 0.459. The van der Waals surface area contributed by atoms with Crippen molar-refractivity contribution in [2.75, 3.05) is 64.3 Å².